The van der Waals surface area contributed by atoms with Gasteiger partial charge in [0.25, 0.3) is 0 Å². The van der Waals surface area contributed by atoms with Gasteiger partial charge in [0.15, 0.2) is 0 Å². The van der Waals surface area contributed by atoms with E-state index in [1.54, 1.807) is 0 Å². The summed E-state index contributed by atoms with van der Waals surface area (Å²) in [7, 11) is 0. The Kier molecular flexibility index (Phi) is 6.39. The summed E-state index contributed by atoms with van der Waals surface area (Å²) in [6.45, 7) is 5.83. The monoisotopic (exact) mass is 250 g/mol. The van der Waals surface area contributed by atoms with Gasteiger partial charge in [0.2, 0.25) is 5.91 Å². The Morgan fingerprint density at radius 1 is 1.28 bits per heavy atom. The predicted molar refractivity (Wildman–Crippen MR) is 73.6 cm³/mol. The van der Waals surface area contributed by atoms with Gasteiger partial charge in [-0.1, -0.05) is 24.6 Å². The molecule has 1 aromatic rings. The first-order chi connectivity index (χ1) is 8.65. The van der Waals surface area contributed by atoms with E-state index in [1.807, 2.05) is 36.1 Å². The summed E-state index contributed by atoms with van der Waals surface area (Å²) in [4.78, 5) is 13.8. The van der Waals surface area contributed by atoms with Crippen molar-refractivity contribution in [3.63, 3.8) is 0 Å². The van der Waals surface area contributed by atoms with E-state index >= 15 is 0 Å². The Balaban J connectivity index is 2.46. The van der Waals surface area contributed by atoms with Crippen LogP contribution >= 0.6 is 0 Å². The molecule has 0 aliphatic heterocycles. The van der Waals surface area contributed by atoms with Crippen molar-refractivity contribution in [2.24, 2.45) is 0 Å². The molecular formula is C14H22N2O2. The number of aryl methyl sites for hydroxylation is 1. The van der Waals surface area contributed by atoms with Crippen molar-refractivity contribution in [1.82, 2.24) is 4.90 Å². The highest BCUT2D eigenvalue weighted by molar-refractivity contribution is 5.92. The van der Waals surface area contributed by atoms with Gasteiger partial charge in [0.1, 0.15) is 0 Å². The minimum absolute atomic E-state index is 0.0410. The van der Waals surface area contributed by atoms with Gasteiger partial charge >= 0.3 is 0 Å². The van der Waals surface area contributed by atoms with E-state index < -0.39 is 0 Å². The second-order valence-electron chi connectivity index (χ2n) is 4.41. The Morgan fingerprint density at radius 2 is 1.94 bits per heavy atom. The van der Waals surface area contributed by atoms with E-state index in [0.29, 0.717) is 13.1 Å². The third-order valence-corrected chi connectivity index (χ3v) is 2.66. The van der Waals surface area contributed by atoms with Crippen LogP contribution in [0.3, 0.4) is 0 Å². The third kappa shape index (κ3) is 5.29. The first kappa shape index (κ1) is 14.7. The zero-order valence-electron chi connectivity index (χ0n) is 11.1. The summed E-state index contributed by atoms with van der Waals surface area (Å²) >= 11 is 0. The van der Waals surface area contributed by atoms with Crippen LogP contribution in [0.1, 0.15) is 18.9 Å². The minimum atomic E-state index is -0.0410. The number of anilines is 1. The molecule has 1 amide bonds. The van der Waals surface area contributed by atoms with Gasteiger partial charge in [-0.2, -0.15) is 0 Å². The van der Waals surface area contributed by atoms with Crippen molar-refractivity contribution in [2.45, 2.75) is 20.3 Å². The summed E-state index contributed by atoms with van der Waals surface area (Å²) < 4.78 is 0. The van der Waals surface area contributed by atoms with Gasteiger partial charge in [-0.15, -0.1) is 0 Å². The molecule has 100 valence electrons. The summed E-state index contributed by atoms with van der Waals surface area (Å²) in [5.41, 5.74) is 1.98. The molecule has 0 atom stereocenters. The second-order valence-corrected chi connectivity index (χ2v) is 4.41. The zero-order chi connectivity index (χ0) is 13.4. The fraction of sp³-hybridized carbons (Fsp3) is 0.500. The van der Waals surface area contributed by atoms with E-state index in [2.05, 4.69) is 12.2 Å². The molecule has 0 spiro atoms. The van der Waals surface area contributed by atoms with Crippen LogP contribution in [0.25, 0.3) is 0 Å². The van der Waals surface area contributed by atoms with Gasteiger partial charge in [0.05, 0.1) is 13.2 Å². The van der Waals surface area contributed by atoms with Gasteiger partial charge < -0.3 is 10.4 Å². The number of rotatable bonds is 7. The highest BCUT2D eigenvalue weighted by Crippen LogP contribution is 2.08. The molecule has 0 saturated heterocycles. The molecule has 18 heavy (non-hydrogen) atoms. The molecule has 0 bridgehead atoms. The Morgan fingerprint density at radius 3 is 2.50 bits per heavy atom. The molecule has 1 rings (SSSR count). The number of carbonyl (C=O) groups excluding carboxylic acids is 1. The fourth-order valence-corrected chi connectivity index (χ4v) is 1.77. The lowest BCUT2D eigenvalue weighted by atomic mass is 10.2. The smallest absolute Gasteiger partial charge is 0.238 e. The van der Waals surface area contributed by atoms with Gasteiger partial charge in [0, 0.05) is 12.2 Å². The van der Waals surface area contributed by atoms with Crippen LogP contribution in [0.4, 0.5) is 5.69 Å². The topological polar surface area (TPSA) is 52.6 Å². The molecule has 0 heterocycles. The molecule has 0 aliphatic rings. The van der Waals surface area contributed by atoms with Crippen LogP contribution in [0, 0.1) is 6.92 Å². The highest BCUT2D eigenvalue weighted by atomic mass is 16.3. The van der Waals surface area contributed by atoms with Gasteiger partial charge in [-0.3, -0.25) is 9.69 Å². The number of hydrogen-bond acceptors (Lipinski definition) is 3. The molecule has 0 unspecified atom stereocenters. The van der Waals surface area contributed by atoms with Crippen LogP contribution in [-0.2, 0) is 4.79 Å². The number of benzene rings is 1. The molecule has 4 heteroatoms. The minimum Gasteiger partial charge on any atom is -0.395 e. The van der Waals surface area contributed by atoms with Crippen molar-refractivity contribution in [2.75, 3.05) is 31.6 Å². The van der Waals surface area contributed by atoms with Gasteiger partial charge in [-0.05, 0) is 32.0 Å². The molecular weight excluding hydrogens is 228 g/mol. The van der Waals surface area contributed by atoms with Crippen molar-refractivity contribution < 1.29 is 9.90 Å². The lowest BCUT2D eigenvalue weighted by Gasteiger charge is -2.19. The maximum atomic E-state index is 11.8. The second kappa shape index (κ2) is 7.84. The van der Waals surface area contributed by atoms with E-state index in [4.69, 9.17) is 5.11 Å². The average molecular weight is 250 g/mol. The number of hydrogen-bond donors (Lipinski definition) is 2. The molecule has 1 aromatic carbocycles. The van der Waals surface area contributed by atoms with Crippen molar-refractivity contribution in [3.05, 3.63) is 29.8 Å². The highest BCUT2D eigenvalue weighted by Gasteiger charge is 2.09. The summed E-state index contributed by atoms with van der Waals surface area (Å²) in [6.07, 6.45) is 0.970. The lowest BCUT2D eigenvalue weighted by molar-refractivity contribution is -0.117. The maximum absolute atomic E-state index is 11.8. The average Bonchev–Trinajstić information content (AvgIpc) is 2.33. The fourth-order valence-electron chi connectivity index (χ4n) is 1.77. The van der Waals surface area contributed by atoms with Crippen LogP contribution in [0.15, 0.2) is 24.3 Å². The Bertz CT molecular complexity index is 357. The van der Waals surface area contributed by atoms with Crippen LogP contribution in [0.5, 0.6) is 0 Å². The summed E-state index contributed by atoms with van der Waals surface area (Å²) in [5.74, 6) is -0.0410. The molecule has 0 radical (unpaired) electrons. The predicted octanol–water partition coefficient (Wildman–Crippen LogP) is 1.64. The Hall–Kier alpha value is -1.39. The largest absolute Gasteiger partial charge is 0.395 e. The van der Waals surface area contributed by atoms with Crippen molar-refractivity contribution >= 4 is 11.6 Å². The standard InChI is InChI=1S/C14H22N2O2/c1-3-8-16(9-10-17)11-14(18)15-13-6-4-12(2)5-7-13/h4-7,17H,3,8-11H2,1-2H3,(H,15,18). The molecule has 0 saturated carbocycles. The number of amides is 1. The van der Waals surface area contributed by atoms with E-state index in [0.717, 1.165) is 18.7 Å². The van der Waals surface area contributed by atoms with Crippen molar-refractivity contribution in [3.8, 4) is 0 Å². The van der Waals surface area contributed by atoms with Gasteiger partial charge in [-0.25, -0.2) is 0 Å². The van der Waals surface area contributed by atoms with E-state index in [1.165, 1.54) is 5.56 Å². The quantitative estimate of drug-likeness (QED) is 0.773. The molecule has 0 fully saturated rings. The first-order valence-corrected chi connectivity index (χ1v) is 6.35. The summed E-state index contributed by atoms with van der Waals surface area (Å²) in [6, 6.07) is 7.72. The van der Waals surface area contributed by atoms with Crippen molar-refractivity contribution in [1.29, 1.82) is 0 Å². The molecule has 4 nitrogen and oxygen atoms in total. The third-order valence-electron chi connectivity index (χ3n) is 2.66. The number of nitrogens with one attached hydrogen (secondary N) is 1. The number of carbonyl (C=O) groups is 1. The lowest BCUT2D eigenvalue weighted by Crippen LogP contribution is -2.35. The number of aliphatic hydroxyl groups excluding tert-OH is 1. The first-order valence-electron chi connectivity index (χ1n) is 6.35. The summed E-state index contributed by atoms with van der Waals surface area (Å²) in [5, 5.41) is 11.8. The van der Waals surface area contributed by atoms with E-state index in [-0.39, 0.29) is 12.5 Å². The molecule has 0 aliphatic carbocycles. The molecule has 2 N–H and O–H groups in total. The SMILES string of the molecule is CCCN(CCO)CC(=O)Nc1ccc(C)cc1. The van der Waals surface area contributed by atoms with Crippen LogP contribution in [0.2, 0.25) is 0 Å². The molecule has 0 aromatic heterocycles. The zero-order valence-corrected chi connectivity index (χ0v) is 11.1. The number of aliphatic hydroxyl groups is 1. The van der Waals surface area contributed by atoms with Crippen LogP contribution < -0.4 is 5.32 Å². The normalized spacial score (nSPS) is 10.7. The number of nitrogens with zero attached hydrogens (tertiary/aromatic N) is 1. The van der Waals surface area contributed by atoms with Crippen LogP contribution in [-0.4, -0.2) is 42.2 Å². The maximum Gasteiger partial charge on any atom is 0.238 e. The Labute approximate surface area is 109 Å². The van der Waals surface area contributed by atoms with E-state index in [9.17, 15) is 4.79 Å².